The van der Waals surface area contributed by atoms with Crippen molar-refractivity contribution in [2.24, 2.45) is 0 Å². The number of rotatable bonds is 9. The third kappa shape index (κ3) is 8.55. The molecule has 0 saturated carbocycles. The first kappa shape index (κ1) is 33.5. The van der Waals surface area contributed by atoms with Crippen LogP contribution in [0.25, 0.3) is 0 Å². The van der Waals surface area contributed by atoms with Crippen LogP contribution >= 0.6 is 0 Å². The Balaban J connectivity index is 1.76. The van der Waals surface area contributed by atoms with Crippen LogP contribution in [0.1, 0.15) is 69.2 Å². The highest BCUT2D eigenvalue weighted by Crippen LogP contribution is 2.37. The van der Waals surface area contributed by atoms with E-state index in [0.717, 1.165) is 21.6 Å². The summed E-state index contributed by atoms with van der Waals surface area (Å²) in [5.41, 5.74) is 3.01. The Morgan fingerprint density at radius 1 is 1.07 bits per heavy atom. The van der Waals surface area contributed by atoms with Crippen LogP contribution < -0.4 is 14.4 Å². The van der Waals surface area contributed by atoms with E-state index in [1.165, 1.54) is 26.3 Å². The molecule has 0 radical (unpaired) electrons. The number of hydrogen-bond donors (Lipinski definition) is 0. The molecule has 2 aromatic rings. The molecule has 0 unspecified atom stereocenters. The summed E-state index contributed by atoms with van der Waals surface area (Å²) < 4.78 is 58.5. The molecule has 0 aromatic heterocycles. The fourth-order valence-electron chi connectivity index (χ4n) is 4.89. The molecule has 236 valence electrons. The van der Waals surface area contributed by atoms with Crippen molar-refractivity contribution in [2.75, 3.05) is 25.6 Å². The number of ether oxygens (including phenoxy) is 4. The summed E-state index contributed by atoms with van der Waals surface area (Å²) in [6.45, 7) is 11.2. The van der Waals surface area contributed by atoms with E-state index in [1.54, 1.807) is 43.9 Å². The molecule has 3 rings (SSSR count). The minimum atomic E-state index is -4.78. The molecule has 0 N–H and O–H groups in total. The van der Waals surface area contributed by atoms with Crippen molar-refractivity contribution in [3.8, 4) is 11.5 Å². The number of amides is 2. The van der Waals surface area contributed by atoms with Gasteiger partial charge in [-0.1, -0.05) is 19.9 Å². The van der Waals surface area contributed by atoms with Crippen molar-refractivity contribution in [3.63, 3.8) is 0 Å². The highest BCUT2D eigenvalue weighted by molar-refractivity contribution is 5.99. The molecular weight excluding hydrogens is 569 g/mol. The van der Waals surface area contributed by atoms with Crippen LogP contribution in [0.3, 0.4) is 0 Å². The summed E-state index contributed by atoms with van der Waals surface area (Å²) in [4.78, 5) is 41.2. The molecule has 0 aliphatic carbocycles. The zero-order valence-corrected chi connectivity index (χ0v) is 25.8. The summed E-state index contributed by atoms with van der Waals surface area (Å²) in [7, 11) is 2.57. The van der Waals surface area contributed by atoms with Crippen molar-refractivity contribution in [1.29, 1.82) is 0 Å². The maximum Gasteiger partial charge on any atom is 0.573 e. The van der Waals surface area contributed by atoms with Gasteiger partial charge in [-0.2, -0.15) is 0 Å². The second kappa shape index (κ2) is 13.1. The van der Waals surface area contributed by atoms with Gasteiger partial charge in [-0.05, 0) is 86.6 Å². The Morgan fingerprint density at radius 2 is 1.74 bits per heavy atom. The number of esters is 1. The molecule has 0 fully saturated rings. The summed E-state index contributed by atoms with van der Waals surface area (Å²) in [6, 6.07) is 6.52. The van der Waals surface area contributed by atoms with Crippen molar-refractivity contribution in [3.05, 3.63) is 52.6 Å². The largest absolute Gasteiger partial charge is 0.573 e. The molecule has 43 heavy (non-hydrogen) atoms. The monoisotopic (exact) mass is 608 g/mol. The molecule has 1 atom stereocenters. The third-order valence-corrected chi connectivity index (χ3v) is 7.05. The molecule has 9 nitrogen and oxygen atoms in total. The Labute approximate surface area is 249 Å². The fraction of sp³-hybridized carbons (Fsp3) is 0.516. The number of carbonyl (C=O) groups is 3. The Morgan fingerprint density at radius 3 is 2.33 bits per heavy atom. The minimum absolute atomic E-state index is 0.0701. The van der Waals surface area contributed by atoms with Crippen molar-refractivity contribution >= 4 is 23.7 Å². The van der Waals surface area contributed by atoms with E-state index in [9.17, 15) is 27.6 Å². The molecule has 1 heterocycles. The smallest absolute Gasteiger partial charge is 0.489 e. The second-order valence-corrected chi connectivity index (χ2v) is 11.7. The number of halogens is 3. The molecule has 1 aliphatic heterocycles. The van der Waals surface area contributed by atoms with Crippen LogP contribution in [-0.2, 0) is 32.1 Å². The zero-order valence-electron chi connectivity index (χ0n) is 25.8. The quantitative estimate of drug-likeness (QED) is 0.309. The molecule has 2 aromatic carbocycles. The van der Waals surface area contributed by atoms with E-state index in [1.807, 2.05) is 20.8 Å². The van der Waals surface area contributed by atoms with Crippen molar-refractivity contribution < 1.29 is 46.5 Å². The zero-order chi connectivity index (χ0) is 32.3. The van der Waals surface area contributed by atoms with Gasteiger partial charge in [0.05, 0.1) is 13.5 Å². The van der Waals surface area contributed by atoms with E-state index in [0.29, 0.717) is 30.0 Å². The van der Waals surface area contributed by atoms with Crippen LogP contribution in [-0.4, -0.2) is 61.6 Å². The van der Waals surface area contributed by atoms with Crippen LogP contribution in [0.4, 0.5) is 23.7 Å². The molecule has 12 heteroatoms. The standard InChI is InChI=1S/C31H39F3N2O7/c1-18(2)23-15-21(42-31(32,33)34)10-9-20(23)17-41-26-12-11-24-22(19(26)3)13-14-36(24)27(37)16-25(28(38)40-8)35(7)29(39)43-30(4,5)6/h9-12,15,18,25H,13-14,16-17H2,1-8H3/t25-/m1/s1. The molecule has 0 saturated heterocycles. The molecule has 1 aliphatic rings. The number of methoxy groups -OCH3 is 1. The minimum Gasteiger partial charge on any atom is -0.489 e. The second-order valence-electron chi connectivity index (χ2n) is 11.7. The SMILES string of the molecule is COC(=O)[C@@H](CC(=O)N1CCc2c1ccc(OCc1ccc(OC(F)(F)F)cc1C(C)C)c2C)N(C)C(=O)OC(C)(C)C. The number of hydrogen-bond acceptors (Lipinski definition) is 7. The number of fused-ring (bicyclic) bond motifs is 1. The number of nitrogens with zero attached hydrogens (tertiary/aromatic N) is 2. The van der Waals surface area contributed by atoms with Crippen molar-refractivity contribution in [1.82, 2.24) is 4.90 Å². The summed E-state index contributed by atoms with van der Waals surface area (Å²) in [5, 5.41) is 0. The van der Waals surface area contributed by atoms with Gasteiger partial charge < -0.3 is 23.8 Å². The lowest BCUT2D eigenvalue weighted by Crippen LogP contribution is -2.48. The lowest BCUT2D eigenvalue weighted by atomic mass is 9.97. The van der Waals surface area contributed by atoms with Crippen molar-refractivity contribution in [2.45, 2.75) is 84.9 Å². The number of likely N-dealkylation sites (N-methyl/N-ethyl adjacent to an activating group) is 1. The van der Waals surface area contributed by atoms with E-state index >= 15 is 0 Å². The van der Waals surface area contributed by atoms with Gasteiger partial charge in [0.1, 0.15) is 29.7 Å². The van der Waals surface area contributed by atoms with E-state index < -0.39 is 30.1 Å². The van der Waals surface area contributed by atoms with Gasteiger partial charge in [0.15, 0.2) is 0 Å². The maximum atomic E-state index is 13.4. The highest BCUT2D eigenvalue weighted by atomic mass is 19.4. The molecule has 0 spiro atoms. The predicted molar refractivity (Wildman–Crippen MR) is 153 cm³/mol. The van der Waals surface area contributed by atoms with E-state index in [2.05, 4.69) is 4.74 Å². The van der Waals surface area contributed by atoms with Crippen LogP contribution in [0, 0.1) is 6.92 Å². The Hall–Kier alpha value is -3.96. The average Bonchev–Trinajstić information content (AvgIpc) is 3.34. The van der Waals surface area contributed by atoms with Crippen LogP contribution in [0.2, 0.25) is 0 Å². The first-order valence-corrected chi connectivity index (χ1v) is 13.9. The summed E-state index contributed by atoms with van der Waals surface area (Å²) >= 11 is 0. The number of benzene rings is 2. The number of alkyl halides is 3. The molecule has 0 bridgehead atoms. The van der Waals surface area contributed by atoms with E-state index in [4.69, 9.17) is 14.2 Å². The van der Waals surface area contributed by atoms with Gasteiger partial charge in [-0.25, -0.2) is 9.59 Å². The number of anilines is 1. The van der Waals surface area contributed by atoms with Gasteiger partial charge in [-0.3, -0.25) is 9.69 Å². The Bertz CT molecular complexity index is 1350. The maximum absolute atomic E-state index is 13.4. The molecule has 2 amide bonds. The van der Waals surface area contributed by atoms with Gasteiger partial charge in [0.2, 0.25) is 5.91 Å². The Kier molecular flexibility index (Phi) is 10.2. The van der Waals surface area contributed by atoms with Crippen LogP contribution in [0.15, 0.2) is 30.3 Å². The first-order valence-electron chi connectivity index (χ1n) is 13.9. The average molecular weight is 609 g/mol. The number of carbonyl (C=O) groups excluding carboxylic acids is 3. The third-order valence-electron chi connectivity index (χ3n) is 7.05. The summed E-state index contributed by atoms with van der Waals surface area (Å²) in [5.74, 6) is -0.875. The van der Waals surface area contributed by atoms with Gasteiger partial charge >= 0.3 is 18.4 Å². The van der Waals surface area contributed by atoms with Gasteiger partial charge in [-0.15, -0.1) is 13.2 Å². The van der Waals surface area contributed by atoms with Crippen LogP contribution in [0.5, 0.6) is 11.5 Å². The van der Waals surface area contributed by atoms with Gasteiger partial charge in [0.25, 0.3) is 0 Å². The van der Waals surface area contributed by atoms with E-state index in [-0.39, 0.29) is 30.6 Å². The topological polar surface area (TPSA) is 94.6 Å². The summed E-state index contributed by atoms with van der Waals surface area (Å²) in [6.07, 6.45) is -5.28. The lowest BCUT2D eigenvalue weighted by molar-refractivity contribution is -0.274. The highest BCUT2D eigenvalue weighted by Gasteiger charge is 2.36. The fourth-order valence-corrected chi connectivity index (χ4v) is 4.89. The van der Waals surface area contributed by atoms with Gasteiger partial charge in [0, 0.05) is 19.3 Å². The first-order chi connectivity index (χ1) is 19.9. The predicted octanol–water partition coefficient (Wildman–Crippen LogP) is 6.28. The lowest BCUT2D eigenvalue weighted by Gasteiger charge is -2.30. The normalized spacial score (nSPS) is 13.8. The molecular formula is C31H39F3N2O7.